The summed E-state index contributed by atoms with van der Waals surface area (Å²) in [7, 11) is 0. The minimum atomic E-state index is -0.0806. The Hall–Kier alpha value is -1.05. The van der Waals surface area contributed by atoms with Crippen LogP contribution in [-0.2, 0) is 4.79 Å². The number of rotatable bonds is 2. The van der Waals surface area contributed by atoms with Crippen LogP contribution in [-0.4, -0.2) is 5.91 Å². The van der Waals surface area contributed by atoms with Crippen LogP contribution >= 0.6 is 0 Å². The molecule has 0 rings (SSSR count). The van der Waals surface area contributed by atoms with Crippen LogP contribution in [0.1, 0.15) is 34.6 Å². The predicted molar refractivity (Wildman–Crippen MR) is 56.2 cm³/mol. The second kappa shape index (κ2) is 4.26. The Balaban J connectivity index is 4.40. The summed E-state index contributed by atoms with van der Waals surface area (Å²) in [6.45, 7) is 13.6. The number of carbonyl (C=O) groups excluding carboxylic acids is 1. The SMILES string of the molecule is C=C(/C=C(\C)C(C)(C)C)NC(C)=O. The van der Waals surface area contributed by atoms with E-state index in [1.165, 1.54) is 12.5 Å². The Bertz CT molecular complexity index is 243. The number of amides is 1. The van der Waals surface area contributed by atoms with Crippen molar-refractivity contribution in [3.63, 3.8) is 0 Å². The van der Waals surface area contributed by atoms with E-state index in [-0.39, 0.29) is 11.3 Å². The van der Waals surface area contributed by atoms with E-state index in [2.05, 4.69) is 32.7 Å². The number of hydrogen-bond acceptors (Lipinski definition) is 1. The van der Waals surface area contributed by atoms with Gasteiger partial charge in [-0.05, 0) is 18.4 Å². The maximum Gasteiger partial charge on any atom is 0.221 e. The lowest BCUT2D eigenvalue weighted by Gasteiger charge is -2.19. The molecule has 1 N–H and O–H groups in total. The fourth-order valence-electron chi connectivity index (χ4n) is 0.740. The van der Waals surface area contributed by atoms with Crippen molar-refractivity contribution in [2.75, 3.05) is 0 Å². The molecule has 0 aliphatic heterocycles. The van der Waals surface area contributed by atoms with E-state index in [1.807, 2.05) is 13.0 Å². The topological polar surface area (TPSA) is 29.1 Å². The van der Waals surface area contributed by atoms with Gasteiger partial charge < -0.3 is 5.32 Å². The Morgan fingerprint density at radius 2 is 1.77 bits per heavy atom. The average molecular weight is 181 g/mol. The van der Waals surface area contributed by atoms with Crippen molar-refractivity contribution in [3.05, 3.63) is 23.9 Å². The van der Waals surface area contributed by atoms with E-state index < -0.39 is 0 Å². The molecule has 2 heteroatoms. The van der Waals surface area contributed by atoms with Gasteiger partial charge >= 0.3 is 0 Å². The molecule has 0 aromatic rings. The maximum atomic E-state index is 10.7. The summed E-state index contributed by atoms with van der Waals surface area (Å²) in [5, 5.41) is 2.64. The average Bonchev–Trinajstić information content (AvgIpc) is 1.82. The van der Waals surface area contributed by atoms with Crippen LogP contribution in [0.3, 0.4) is 0 Å². The minimum absolute atomic E-state index is 0.0806. The molecule has 0 saturated carbocycles. The van der Waals surface area contributed by atoms with Crippen molar-refractivity contribution in [2.45, 2.75) is 34.6 Å². The van der Waals surface area contributed by atoms with Gasteiger partial charge in [-0.25, -0.2) is 0 Å². The predicted octanol–water partition coefficient (Wildman–Crippen LogP) is 2.63. The first-order chi connectivity index (χ1) is 5.73. The summed E-state index contributed by atoms with van der Waals surface area (Å²) in [4.78, 5) is 10.7. The van der Waals surface area contributed by atoms with Crippen molar-refractivity contribution in [1.82, 2.24) is 5.32 Å². The molecule has 0 radical (unpaired) electrons. The molecule has 74 valence electrons. The third kappa shape index (κ3) is 5.23. The van der Waals surface area contributed by atoms with Gasteiger partial charge in [0.2, 0.25) is 5.91 Å². The molecular formula is C11H19NO. The first kappa shape index (κ1) is 11.9. The van der Waals surface area contributed by atoms with Gasteiger partial charge in [-0.3, -0.25) is 4.79 Å². The molecular weight excluding hydrogens is 162 g/mol. The van der Waals surface area contributed by atoms with Crippen molar-refractivity contribution in [2.24, 2.45) is 5.41 Å². The summed E-state index contributed by atoms with van der Waals surface area (Å²) in [5.74, 6) is -0.0806. The molecule has 0 aromatic carbocycles. The van der Waals surface area contributed by atoms with Gasteiger partial charge in [0.15, 0.2) is 0 Å². The highest BCUT2D eigenvalue weighted by atomic mass is 16.1. The molecule has 0 aromatic heterocycles. The van der Waals surface area contributed by atoms with Gasteiger partial charge in [0, 0.05) is 12.6 Å². The number of allylic oxidation sites excluding steroid dienone is 2. The zero-order valence-corrected chi connectivity index (χ0v) is 9.19. The molecule has 13 heavy (non-hydrogen) atoms. The van der Waals surface area contributed by atoms with Crippen molar-refractivity contribution in [3.8, 4) is 0 Å². The molecule has 0 aliphatic carbocycles. The van der Waals surface area contributed by atoms with Gasteiger partial charge in [0.1, 0.15) is 0 Å². The first-order valence-electron chi connectivity index (χ1n) is 4.39. The lowest BCUT2D eigenvalue weighted by atomic mass is 9.87. The molecule has 1 amide bonds. The fourth-order valence-corrected chi connectivity index (χ4v) is 0.740. The quantitative estimate of drug-likeness (QED) is 0.652. The zero-order valence-electron chi connectivity index (χ0n) is 9.19. The lowest BCUT2D eigenvalue weighted by molar-refractivity contribution is -0.118. The zero-order chi connectivity index (χ0) is 10.6. The maximum absolute atomic E-state index is 10.7. The minimum Gasteiger partial charge on any atom is -0.327 e. The number of carbonyl (C=O) groups is 1. The third-order valence-corrected chi connectivity index (χ3v) is 1.91. The van der Waals surface area contributed by atoms with Gasteiger partial charge in [-0.1, -0.05) is 32.9 Å². The number of hydrogen-bond donors (Lipinski definition) is 1. The van der Waals surface area contributed by atoms with Crippen molar-refractivity contribution in [1.29, 1.82) is 0 Å². The highest BCUT2D eigenvalue weighted by Crippen LogP contribution is 2.24. The molecule has 0 heterocycles. The van der Waals surface area contributed by atoms with Crippen LogP contribution < -0.4 is 5.32 Å². The smallest absolute Gasteiger partial charge is 0.221 e. The van der Waals surface area contributed by atoms with Gasteiger partial charge in [0.05, 0.1) is 0 Å². The van der Waals surface area contributed by atoms with Crippen LogP contribution in [0, 0.1) is 5.41 Å². The highest BCUT2D eigenvalue weighted by Gasteiger charge is 2.12. The lowest BCUT2D eigenvalue weighted by Crippen LogP contribution is -2.18. The van der Waals surface area contributed by atoms with E-state index >= 15 is 0 Å². The molecule has 0 spiro atoms. The van der Waals surface area contributed by atoms with Crippen molar-refractivity contribution < 1.29 is 4.79 Å². The first-order valence-corrected chi connectivity index (χ1v) is 4.39. The second-order valence-corrected chi connectivity index (χ2v) is 4.28. The Labute approximate surface area is 80.7 Å². The number of nitrogens with one attached hydrogen (secondary N) is 1. The van der Waals surface area contributed by atoms with E-state index in [0.717, 1.165) is 0 Å². The molecule has 0 atom stereocenters. The normalized spacial score (nSPS) is 12.5. The summed E-state index contributed by atoms with van der Waals surface area (Å²) in [5.41, 5.74) is 1.98. The molecule has 0 bridgehead atoms. The van der Waals surface area contributed by atoms with Crippen LogP contribution in [0.5, 0.6) is 0 Å². The monoisotopic (exact) mass is 181 g/mol. The highest BCUT2D eigenvalue weighted by molar-refractivity contribution is 5.75. The van der Waals surface area contributed by atoms with Gasteiger partial charge in [-0.2, -0.15) is 0 Å². The van der Waals surface area contributed by atoms with E-state index in [9.17, 15) is 4.79 Å². The molecule has 0 aliphatic rings. The van der Waals surface area contributed by atoms with Gasteiger partial charge in [0.25, 0.3) is 0 Å². The van der Waals surface area contributed by atoms with E-state index in [1.54, 1.807) is 0 Å². The van der Waals surface area contributed by atoms with Crippen LogP contribution in [0.2, 0.25) is 0 Å². The molecule has 0 unspecified atom stereocenters. The summed E-state index contributed by atoms with van der Waals surface area (Å²) in [6.07, 6.45) is 1.90. The molecule has 0 saturated heterocycles. The molecule has 0 fully saturated rings. The van der Waals surface area contributed by atoms with E-state index in [0.29, 0.717) is 5.70 Å². The van der Waals surface area contributed by atoms with Crippen LogP contribution in [0.25, 0.3) is 0 Å². The Kier molecular flexibility index (Phi) is 3.92. The fraction of sp³-hybridized carbons (Fsp3) is 0.545. The Morgan fingerprint density at radius 3 is 2.08 bits per heavy atom. The van der Waals surface area contributed by atoms with Crippen molar-refractivity contribution >= 4 is 5.91 Å². The largest absolute Gasteiger partial charge is 0.327 e. The van der Waals surface area contributed by atoms with Crippen LogP contribution in [0.4, 0.5) is 0 Å². The van der Waals surface area contributed by atoms with Gasteiger partial charge in [-0.15, -0.1) is 0 Å². The van der Waals surface area contributed by atoms with E-state index in [4.69, 9.17) is 0 Å². The van der Waals surface area contributed by atoms with Crippen LogP contribution in [0.15, 0.2) is 23.9 Å². The summed E-state index contributed by atoms with van der Waals surface area (Å²) >= 11 is 0. The summed E-state index contributed by atoms with van der Waals surface area (Å²) < 4.78 is 0. The summed E-state index contributed by atoms with van der Waals surface area (Å²) in [6, 6.07) is 0. The third-order valence-electron chi connectivity index (χ3n) is 1.91. The Morgan fingerprint density at radius 1 is 1.31 bits per heavy atom. The second-order valence-electron chi connectivity index (χ2n) is 4.28. The molecule has 2 nitrogen and oxygen atoms in total. The standard InChI is InChI=1S/C11H19NO/c1-8(11(4,5)6)7-9(2)12-10(3)13/h7H,2H2,1,3-6H3,(H,12,13)/b8-7+.